The predicted octanol–water partition coefficient (Wildman–Crippen LogP) is 3.30. The van der Waals surface area contributed by atoms with Gasteiger partial charge in [-0.05, 0) is 69.2 Å². The van der Waals surface area contributed by atoms with Gasteiger partial charge in [0.05, 0.1) is 6.10 Å². The van der Waals surface area contributed by atoms with Gasteiger partial charge in [0.25, 0.3) is 0 Å². The van der Waals surface area contributed by atoms with Gasteiger partial charge in [-0.3, -0.25) is 0 Å². The van der Waals surface area contributed by atoms with Gasteiger partial charge < -0.3 is 10.1 Å². The lowest BCUT2D eigenvalue weighted by molar-refractivity contribution is 0.210. The molecule has 18 heavy (non-hydrogen) atoms. The van der Waals surface area contributed by atoms with Crippen molar-refractivity contribution in [2.45, 2.75) is 57.1 Å². The molecule has 3 rings (SSSR count). The van der Waals surface area contributed by atoms with Crippen molar-refractivity contribution in [3.63, 3.8) is 0 Å². The molecule has 1 N–H and O–H groups in total. The van der Waals surface area contributed by atoms with Crippen LogP contribution in [0.15, 0.2) is 24.3 Å². The molecule has 0 bridgehead atoms. The molecule has 2 heteroatoms. The minimum atomic E-state index is 0.465. The van der Waals surface area contributed by atoms with Crippen molar-refractivity contribution in [1.82, 2.24) is 5.32 Å². The maximum atomic E-state index is 5.98. The van der Waals surface area contributed by atoms with Gasteiger partial charge in [-0.1, -0.05) is 12.1 Å². The maximum Gasteiger partial charge on any atom is 0.119 e. The van der Waals surface area contributed by atoms with E-state index >= 15 is 0 Å². The SMILES string of the molecule is c1cc(OC2CCCC2)ccc1CC1CCCN1. The van der Waals surface area contributed by atoms with Gasteiger partial charge in [0.15, 0.2) is 0 Å². The molecule has 2 aliphatic rings. The predicted molar refractivity (Wildman–Crippen MR) is 74.1 cm³/mol. The quantitative estimate of drug-likeness (QED) is 0.878. The highest BCUT2D eigenvalue weighted by Crippen LogP contribution is 2.24. The molecular formula is C16H23NO. The van der Waals surface area contributed by atoms with E-state index in [-0.39, 0.29) is 0 Å². The van der Waals surface area contributed by atoms with Crippen LogP contribution in [0.4, 0.5) is 0 Å². The smallest absolute Gasteiger partial charge is 0.119 e. The molecule has 1 aliphatic heterocycles. The zero-order chi connectivity index (χ0) is 12.2. The van der Waals surface area contributed by atoms with Crippen molar-refractivity contribution in [1.29, 1.82) is 0 Å². The van der Waals surface area contributed by atoms with Gasteiger partial charge in [0.2, 0.25) is 0 Å². The van der Waals surface area contributed by atoms with E-state index in [2.05, 4.69) is 29.6 Å². The summed E-state index contributed by atoms with van der Waals surface area (Å²) in [5, 5.41) is 3.55. The fraction of sp³-hybridized carbons (Fsp3) is 0.625. The Morgan fingerprint density at radius 3 is 2.44 bits per heavy atom. The third-order valence-electron chi connectivity index (χ3n) is 4.17. The largest absolute Gasteiger partial charge is 0.490 e. The normalized spacial score (nSPS) is 24.6. The molecule has 0 radical (unpaired) electrons. The van der Waals surface area contributed by atoms with Gasteiger partial charge >= 0.3 is 0 Å². The molecule has 1 aromatic rings. The Morgan fingerprint density at radius 1 is 1.00 bits per heavy atom. The van der Waals surface area contributed by atoms with Crippen LogP contribution >= 0.6 is 0 Å². The van der Waals surface area contributed by atoms with Crippen molar-refractivity contribution in [2.75, 3.05) is 6.54 Å². The Bertz CT molecular complexity index is 324. The van der Waals surface area contributed by atoms with Gasteiger partial charge in [0, 0.05) is 6.04 Å². The minimum absolute atomic E-state index is 0.465. The van der Waals surface area contributed by atoms with E-state index in [4.69, 9.17) is 4.74 Å². The zero-order valence-corrected chi connectivity index (χ0v) is 11.0. The molecule has 98 valence electrons. The Labute approximate surface area is 110 Å². The van der Waals surface area contributed by atoms with Gasteiger partial charge in [-0.25, -0.2) is 0 Å². The van der Waals surface area contributed by atoms with Crippen molar-refractivity contribution < 1.29 is 4.74 Å². The van der Waals surface area contributed by atoms with E-state index in [0.717, 1.165) is 12.2 Å². The number of ether oxygens (including phenoxy) is 1. The average molecular weight is 245 g/mol. The van der Waals surface area contributed by atoms with E-state index in [9.17, 15) is 0 Å². The van der Waals surface area contributed by atoms with Crippen LogP contribution in [0.2, 0.25) is 0 Å². The molecule has 1 unspecified atom stereocenters. The zero-order valence-electron chi connectivity index (χ0n) is 11.0. The van der Waals surface area contributed by atoms with Crippen molar-refractivity contribution >= 4 is 0 Å². The molecular weight excluding hydrogens is 222 g/mol. The van der Waals surface area contributed by atoms with E-state index in [1.165, 1.54) is 50.6 Å². The number of hydrogen-bond acceptors (Lipinski definition) is 2. The maximum absolute atomic E-state index is 5.98. The Morgan fingerprint density at radius 2 is 1.78 bits per heavy atom. The number of nitrogens with one attached hydrogen (secondary N) is 1. The topological polar surface area (TPSA) is 21.3 Å². The highest BCUT2D eigenvalue weighted by molar-refractivity contribution is 5.28. The highest BCUT2D eigenvalue weighted by atomic mass is 16.5. The average Bonchev–Trinajstić information content (AvgIpc) is 3.05. The van der Waals surface area contributed by atoms with Crippen molar-refractivity contribution in [3.05, 3.63) is 29.8 Å². The first-order valence-electron chi connectivity index (χ1n) is 7.39. The third kappa shape index (κ3) is 3.05. The first-order valence-corrected chi connectivity index (χ1v) is 7.39. The van der Waals surface area contributed by atoms with Crippen LogP contribution < -0.4 is 10.1 Å². The highest BCUT2D eigenvalue weighted by Gasteiger charge is 2.17. The molecule has 1 saturated carbocycles. The van der Waals surface area contributed by atoms with Crippen LogP contribution in [-0.4, -0.2) is 18.7 Å². The Balaban J connectivity index is 1.54. The number of hydrogen-bond donors (Lipinski definition) is 1. The molecule has 0 spiro atoms. The Hall–Kier alpha value is -1.02. The summed E-state index contributed by atoms with van der Waals surface area (Å²) in [6.45, 7) is 1.19. The molecule has 1 heterocycles. The van der Waals surface area contributed by atoms with E-state index < -0.39 is 0 Å². The van der Waals surface area contributed by atoms with Crippen LogP contribution in [0.3, 0.4) is 0 Å². The van der Waals surface area contributed by atoms with E-state index in [0.29, 0.717) is 12.1 Å². The molecule has 1 saturated heterocycles. The lowest BCUT2D eigenvalue weighted by Crippen LogP contribution is -2.23. The standard InChI is InChI=1S/C16H23NO/c1-2-6-15(5-1)18-16-9-7-13(8-10-16)12-14-4-3-11-17-14/h7-10,14-15,17H,1-6,11-12H2. The van der Waals surface area contributed by atoms with Crippen LogP contribution in [0, 0.1) is 0 Å². The second-order valence-corrected chi connectivity index (χ2v) is 5.67. The second kappa shape index (κ2) is 5.75. The molecule has 1 atom stereocenters. The van der Waals surface area contributed by atoms with E-state index in [1.54, 1.807) is 0 Å². The fourth-order valence-electron chi connectivity index (χ4n) is 3.12. The van der Waals surface area contributed by atoms with Gasteiger partial charge in [0.1, 0.15) is 5.75 Å². The molecule has 0 amide bonds. The first-order chi connectivity index (χ1) is 8.90. The monoisotopic (exact) mass is 245 g/mol. The van der Waals surface area contributed by atoms with E-state index in [1.807, 2.05) is 0 Å². The Kier molecular flexibility index (Phi) is 3.84. The third-order valence-corrected chi connectivity index (χ3v) is 4.17. The molecule has 2 fully saturated rings. The molecule has 2 nitrogen and oxygen atoms in total. The molecule has 1 aliphatic carbocycles. The molecule has 0 aromatic heterocycles. The lowest BCUT2D eigenvalue weighted by atomic mass is 10.0. The molecule has 1 aromatic carbocycles. The summed E-state index contributed by atoms with van der Waals surface area (Å²) < 4.78 is 5.98. The van der Waals surface area contributed by atoms with Crippen molar-refractivity contribution in [3.8, 4) is 5.75 Å². The summed E-state index contributed by atoms with van der Waals surface area (Å²) in [7, 11) is 0. The minimum Gasteiger partial charge on any atom is -0.490 e. The number of rotatable bonds is 4. The lowest BCUT2D eigenvalue weighted by Gasteiger charge is -2.14. The second-order valence-electron chi connectivity index (χ2n) is 5.67. The summed E-state index contributed by atoms with van der Waals surface area (Å²) >= 11 is 0. The van der Waals surface area contributed by atoms with Gasteiger partial charge in [-0.15, -0.1) is 0 Å². The van der Waals surface area contributed by atoms with Crippen LogP contribution in [0.5, 0.6) is 5.75 Å². The van der Waals surface area contributed by atoms with Crippen LogP contribution in [0.25, 0.3) is 0 Å². The summed E-state index contributed by atoms with van der Waals surface area (Å²) in [5.41, 5.74) is 1.42. The summed E-state index contributed by atoms with van der Waals surface area (Å²) in [6.07, 6.45) is 9.39. The van der Waals surface area contributed by atoms with Gasteiger partial charge in [-0.2, -0.15) is 0 Å². The first kappa shape index (κ1) is 12.0. The summed E-state index contributed by atoms with van der Waals surface area (Å²) in [5.74, 6) is 1.05. The summed E-state index contributed by atoms with van der Waals surface area (Å²) in [6, 6.07) is 9.42. The van der Waals surface area contributed by atoms with Crippen LogP contribution in [-0.2, 0) is 6.42 Å². The fourth-order valence-corrected chi connectivity index (χ4v) is 3.12. The number of benzene rings is 1. The summed E-state index contributed by atoms with van der Waals surface area (Å²) in [4.78, 5) is 0. The van der Waals surface area contributed by atoms with Crippen molar-refractivity contribution in [2.24, 2.45) is 0 Å². The van der Waals surface area contributed by atoms with Crippen LogP contribution in [0.1, 0.15) is 44.1 Å².